The maximum absolute atomic E-state index is 5.30. The summed E-state index contributed by atoms with van der Waals surface area (Å²) >= 11 is 0. The fourth-order valence-electron chi connectivity index (χ4n) is 9.95. The highest BCUT2D eigenvalue weighted by Crippen LogP contribution is 2.56. The predicted molar refractivity (Wildman–Crippen MR) is 261 cm³/mol. The smallest absolute Gasteiger partial charge is 0.164 e. The third kappa shape index (κ3) is 6.40. The number of pyridine rings is 1. The molecule has 66 heavy (non-hydrogen) atoms. The minimum Gasteiger partial charge on any atom is -0.256 e. The van der Waals surface area contributed by atoms with E-state index in [1.807, 2.05) is 97.2 Å². The second-order valence-corrected chi connectivity index (χ2v) is 16.8. The third-order valence-corrected chi connectivity index (χ3v) is 13.0. The van der Waals surface area contributed by atoms with Gasteiger partial charge in [-0.05, 0) is 74.8 Å². The zero-order valence-corrected chi connectivity index (χ0v) is 35.5. The van der Waals surface area contributed by atoms with Crippen LogP contribution in [0.4, 0.5) is 0 Å². The van der Waals surface area contributed by atoms with Gasteiger partial charge in [-0.2, -0.15) is 0 Å². The zero-order chi connectivity index (χ0) is 43.6. The summed E-state index contributed by atoms with van der Waals surface area (Å²) in [7, 11) is 0. The summed E-state index contributed by atoms with van der Waals surface area (Å²) in [6, 6.07) is 71.7. The van der Waals surface area contributed by atoms with E-state index in [0.717, 1.165) is 55.4 Å². The van der Waals surface area contributed by atoms with Crippen LogP contribution in [0.1, 0.15) is 45.2 Å². The first-order valence-electron chi connectivity index (χ1n) is 22.2. The Kier molecular flexibility index (Phi) is 8.84. The highest BCUT2D eigenvalue weighted by atomic mass is 15.0. The molecule has 2 atom stereocenters. The van der Waals surface area contributed by atoms with Crippen LogP contribution in [0.2, 0.25) is 0 Å². The molecule has 2 bridgehead atoms. The first kappa shape index (κ1) is 37.7. The first-order chi connectivity index (χ1) is 32.7. The van der Waals surface area contributed by atoms with E-state index < -0.39 is 0 Å². The Labute approximate surface area is 381 Å². The van der Waals surface area contributed by atoms with Gasteiger partial charge in [0, 0.05) is 56.8 Å². The Morgan fingerprint density at radius 2 is 0.667 bits per heavy atom. The van der Waals surface area contributed by atoms with E-state index in [0.29, 0.717) is 34.9 Å². The van der Waals surface area contributed by atoms with Gasteiger partial charge in [-0.3, -0.25) is 4.98 Å². The van der Waals surface area contributed by atoms with Crippen LogP contribution in [0.3, 0.4) is 0 Å². The van der Waals surface area contributed by atoms with E-state index in [4.69, 9.17) is 29.9 Å². The molecular weight excluding hydrogens is 807 g/mol. The lowest BCUT2D eigenvalue weighted by atomic mass is 9.61. The molecule has 0 saturated carbocycles. The Balaban J connectivity index is 0.939. The highest BCUT2D eigenvalue weighted by molar-refractivity contribution is 5.89. The van der Waals surface area contributed by atoms with Gasteiger partial charge in [0.05, 0.1) is 5.52 Å². The van der Waals surface area contributed by atoms with Gasteiger partial charge in [0.1, 0.15) is 0 Å². The molecule has 3 aliphatic carbocycles. The van der Waals surface area contributed by atoms with Crippen molar-refractivity contribution in [2.75, 3.05) is 0 Å². The molecule has 3 aliphatic rings. The molecule has 14 rings (SSSR count). The molecule has 0 spiro atoms. The lowest BCUT2D eigenvalue weighted by Crippen LogP contribution is -2.27. The van der Waals surface area contributed by atoms with Crippen molar-refractivity contribution in [1.82, 2.24) is 34.9 Å². The molecule has 3 heterocycles. The van der Waals surface area contributed by atoms with Crippen molar-refractivity contribution in [3.05, 3.63) is 246 Å². The topological polar surface area (TPSA) is 90.2 Å². The minimum atomic E-state index is 0.0151. The molecule has 8 aromatic carbocycles. The fourth-order valence-corrected chi connectivity index (χ4v) is 9.95. The normalized spacial score (nSPS) is 14.4. The van der Waals surface area contributed by atoms with E-state index in [9.17, 15) is 0 Å². The molecular formula is C59H37N7. The number of fused-ring (bicyclic) bond motifs is 1. The Hall–Kier alpha value is -8.81. The molecule has 0 aliphatic heterocycles. The van der Waals surface area contributed by atoms with Gasteiger partial charge in [-0.15, -0.1) is 0 Å². The quantitative estimate of drug-likeness (QED) is 0.158. The zero-order valence-electron chi connectivity index (χ0n) is 35.5. The SMILES string of the molecule is c1ccc(-c2nc(-c3ccccc3)nc(-c3ccc4c(c3)C3c5ccccc5C4c4cc(-c5nc(-c6ccccc6)nc(-c6ccccc6-c6ccc7ncccc7c6)n5)ccc43)n2)cc1. The largest absolute Gasteiger partial charge is 0.256 e. The van der Waals surface area contributed by atoms with Crippen LogP contribution in [0, 0.1) is 0 Å². The first-order valence-corrected chi connectivity index (χ1v) is 22.2. The van der Waals surface area contributed by atoms with Crippen molar-refractivity contribution in [2.45, 2.75) is 11.8 Å². The number of aromatic nitrogens is 7. The van der Waals surface area contributed by atoms with Crippen molar-refractivity contribution in [3.8, 4) is 79.5 Å². The Bertz CT molecular complexity index is 3610. The van der Waals surface area contributed by atoms with Crippen molar-refractivity contribution in [3.63, 3.8) is 0 Å². The van der Waals surface area contributed by atoms with E-state index in [1.54, 1.807) is 0 Å². The average Bonchev–Trinajstić information content (AvgIpc) is 3.40. The molecule has 0 fully saturated rings. The van der Waals surface area contributed by atoms with Gasteiger partial charge in [0.2, 0.25) is 0 Å². The van der Waals surface area contributed by atoms with Gasteiger partial charge in [-0.1, -0.05) is 176 Å². The summed E-state index contributed by atoms with van der Waals surface area (Å²) < 4.78 is 0. The van der Waals surface area contributed by atoms with Crippen molar-refractivity contribution in [1.29, 1.82) is 0 Å². The van der Waals surface area contributed by atoms with Crippen LogP contribution in [0.25, 0.3) is 90.4 Å². The molecule has 11 aromatic rings. The maximum Gasteiger partial charge on any atom is 0.164 e. The lowest BCUT2D eigenvalue weighted by Gasteiger charge is -2.42. The van der Waals surface area contributed by atoms with Crippen molar-refractivity contribution < 1.29 is 0 Å². The number of benzene rings is 8. The fraction of sp³-hybridized carbons (Fsp3) is 0.0339. The second-order valence-electron chi connectivity index (χ2n) is 16.8. The minimum absolute atomic E-state index is 0.0151. The molecule has 2 unspecified atom stereocenters. The number of hydrogen-bond acceptors (Lipinski definition) is 7. The van der Waals surface area contributed by atoms with E-state index in [2.05, 4.69) is 120 Å². The monoisotopic (exact) mass is 843 g/mol. The summed E-state index contributed by atoms with van der Waals surface area (Å²) in [5, 5.41) is 1.08. The number of rotatable bonds is 7. The van der Waals surface area contributed by atoms with Gasteiger partial charge < -0.3 is 0 Å². The van der Waals surface area contributed by atoms with Crippen molar-refractivity contribution >= 4 is 10.9 Å². The van der Waals surface area contributed by atoms with E-state index in [-0.39, 0.29) is 11.8 Å². The molecule has 0 amide bonds. The molecule has 0 radical (unpaired) electrons. The van der Waals surface area contributed by atoms with Gasteiger partial charge in [-0.25, -0.2) is 29.9 Å². The Morgan fingerprint density at radius 1 is 0.258 bits per heavy atom. The van der Waals surface area contributed by atoms with Gasteiger partial charge in [0.15, 0.2) is 34.9 Å². The number of hydrogen-bond donors (Lipinski definition) is 0. The van der Waals surface area contributed by atoms with Crippen molar-refractivity contribution in [2.24, 2.45) is 0 Å². The predicted octanol–water partition coefficient (Wildman–Crippen LogP) is 13.3. The average molecular weight is 844 g/mol. The van der Waals surface area contributed by atoms with Gasteiger partial charge in [0.25, 0.3) is 0 Å². The summed E-state index contributed by atoms with van der Waals surface area (Å²) in [6.45, 7) is 0. The molecule has 0 saturated heterocycles. The maximum atomic E-state index is 5.30. The van der Waals surface area contributed by atoms with Crippen LogP contribution in [0.5, 0.6) is 0 Å². The molecule has 0 N–H and O–H groups in total. The van der Waals surface area contributed by atoms with Crippen LogP contribution in [-0.2, 0) is 0 Å². The lowest BCUT2D eigenvalue weighted by molar-refractivity contribution is 0.754. The molecule has 308 valence electrons. The molecule has 7 heteroatoms. The van der Waals surface area contributed by atoms with Crippen LogP contribution >= 0.6 is 0 Å². The molecule has 7 nitrogen and oxygen atoms in total. The third-order valence-electron chi connectivity index (χ3n) is 13.0. The van der Waals surface area contributed by atoms with Gasteiger partial charge >= 0.3 is 0 Å². The van der Waals surface area contributed by atoms with E-state index in [1.165, 1.54) is 33.4 Å². The standard InChI is InChI=1S/C59H37N7/c1-4-15-36(16-5-1)54-61-55(37-17-6-2-7-18-37)63-57(62-54)41-26-29-46-49(34-41)52-44-23-11-12-24-45(44)53(46)50-35-42(27-30-47(50)52)58-64-56(38-19-8-3-9-20-38)65-59(66-58)48-25-13-10-22-43(48)39-28-31-51-40(33-39)21-14-32-60-51/h1-35,52-53H. The van der Waals surface area contributed by atoms with Crippen LogP contribution in [0.15, 0.2) is 212 Å². The van der Waals surface area contributed by atoms with Crippen LogP contribution < -0.4 is 0 Å². The molecule has 3 aromatic heterocycles. The summed E-state index contributed by atoms with van der Waals surface area (Å²) in [5.41, 5.74) is 16.5. The van der Waals surface area contributed by atoms with E-state index >= 15 is 0 Å². The van der Waals surface area contributed by atoms with Crippen LogP contribution in [-0.4, -0.2) is 34.9 Å². The second kappa shape index (κ2) is 15.5. The summed E-state index contributed by atoms with van der Waals surface area (Å²) in [5.74, 6) is 3.85. The summed E-state index contributed by atoms with van der Waals surface area (Å²) in [6.07, 6.45) is 1.83. The highest BCUT2D eigenvalue weighted by Gasteiger charge is 2.41. The number of nitrogens with zero attached hydrogens (tertiary/aromatic N) is 7. The Morgan fingerprint density at radius 3 is 1.18 bits per heavy atom. The summed E-state index contributed by atoms with van der Waals surface area (Å²) in [4.78, 5) is 35.4.